The Morgan fingerprint density at radius 2 is 1.43 bits per heavy atom. The predicted octanol–water partition coefficient (Wildman–Crippen LogP) is 4.08. The van der Waals surface area contributed by atoms with Crippen LogP contribution in [0.2, 0.25) is 0 Å². The number of methoxy groups -OCH3 is 1. The number of nitrogens with zero attached hydrogens (tertiary/aromatic N) is 2. The first-order chi connectivity index (χ1) is 10.6. The van der Waals surface area contributed by atoms with E-state index in [-0.39, 0.29) is 11.1 Å². The number of hydrogen-bond acceptors (Lipinski definition) is 3. The van der Waals surface area contributed by atoms with Crippen molar-refractivity contribution < 1.29 is 4.74 Å². The number of rotatable bonds is 2. The van der Waals surface area contributed by atoms with E-state index in [0.717, 1.165) is 28.6 Å². The van der Waals surface area contributed by atoms with E-state index in [9.17, 15) is 0 Å². The summed E-state index contributed by atoms with van der Waals surface area (Å²) in [7, 11) is 1.67. The van der Waals surface area contributed by atoms with Crippen molar-refractivity contribution in [3.8, 4) is 5.75 Å². The van der Waals surface area contributed by atoms with Gasteiger partial charge in [-0.25, -0.2) is 0 Å². The Balaban J connectivity index is 2.41. The molecule has 1 aromatic rings. The van der Waals surface area contributed by atoms with Gasteiger partial charge in [0.1, 0.15) is 11.5 Å². The van der Waals surface area contributed by atoms with E-state index in [1.807, 2.05) is 24.3 Å². The highest BCUT2D eigenvalue weighted by Gasteiger charge is 2.23. The van der Waals surface area contributed by atoms with Crippen LogP contribution in [0.5, 0.6) is 5.75 Å². The van der Waals surface area contributed by atoms with Crippen molar-refractivity contribution in [2.75, 3.05) is 7.11 Å². The normalized spacial score (nSPS) is 19.0. The number of ether oxygens (including phenoxy) is 1. The van der Waals surface area contributed by atoms with Gasteiger partial charge in [0, 0.05) is 5.70 Å². The van der Waals surface area contributed by atoms with Crippen molar-refractivity contribution in [1.29, 1.82) is 0 Å². The molecule has 1 aromatic carbocycles. The largest absolute Gasteiger partial charge is 0.497 e. The SMILES string of the molecule is COc1ccc(C2=CC(=NC(C)(C)C)C(=NC(C)(C)C)N2)cc1. The smallest absolute Gasteiger partial charge is 0.151 e. The lowest BCUT2D eigenvalue weighted by atomic mass is 10.1. The van der Waals surface area contributed by atoms with Crippen LogP contribution in [0.15, 0.2) is 40.3 Å². The molecule has 0 radical (unpaired) electrons. The number of nitrogens with one attached hydrogen (secondary N) is 1. The fourth-order valence-electron chi connectivity index (χ4n) is 2.23. The van der Waals surface area contributed by atoms with Crippen LogP contribution < -0.4 is 10.1 Å². The summed E-state index contributed by atoms with van der Waals surface area (Å²) in [5.74, 6) is 1.68. The zero-order chi connectivity index (χ0) is 17.3. The second-order valence-corrected chi connectivity index (χ2v) is 7.71. The van der Waals surface area contributed by atoms with Crippen molar-refractivity contribution >= 4 is 17.2 Å². The van der Waals surface area contributed by atoms with Crippen LogP contribution in [-0.4, -0.2) is 29.7 Å². The van der Waals surface area contributed by atoms with Crippen LogP contribution in [0.1, 0.15) is 47.1 Å². The van der Waals surface area contributed by atoms with Crippen molar-refractivity contribution in [2.45, 2.75) is 52.6 Å². The molecule has 0 saturated heterocycles. The second kappa shape index (κ2) is 6.19. The van der Waals surface area contributed by atoms with Gasteiger partial charge in [-0.15, -0.1) is 0 Å². The van der Waals surface area contributed by atoms with Gasteiger partial charge in [0.2, 0.25) is 0 Å². The van der Waals surface area contributed by atoms with E-state index in [1.54, 1.807) is 7.11 Å². The molecule has 4 heteroatoms. The second-order valence-electron chi connectivity index (χ2n) is 7.71. The van der Waals surface area contributed by atoms with Crippen molar-refractivity contribution in [2.24, 2.45) is 9.98 Å². The van der Waals surface area contributed by atoms with Gasteiger partial charge in [0.25, 0.3) is 0 Å². The highest BCUT2D eigenvalue weighted by Crippen LogP contribution is 2.22. The first kappa shape index (κ1) is 17.3. The summed E-state index contributed by atoms with van der Waals surface area (Å²) < 4.78 is 5.22. The molecule has 0 fully saturated rings. The van der Waals surface area contributed by atoms with E-state index < -0.39 is 0 Å². The molecule has 1 heterocycles. The topological polar surface area (TPSA) is 46.0 Å². The maximum absolute atomic E-state index is 5.22. The minimum atomic E-state index is -0.163. The zero-order valence-electron chi connectivity index (χ0n) is 15.2. The summed E-state index contributed by atoms with van der Waals surface area (Å²) >= 11 is 0. The van der Waals surface area contributed by atoms with E-state index in [1.165, 1.54) is 0 Å². The summed E-state index contributed by atoms with van der Waals surface area (Å²) in [5, 5.41) is 3.41. The molecule has 4 nitrogen and oxygen atoms in total. The summed E-state index contributed by atoms with van der Waals surface area (Å²) in [4.78, 5) is 9.59. The molecule has 0 aromatic heterocycles. The van der Waals surface area contributed by atoms with Crippen LogP contribution in [0.3, 0.4) is 0 Å². The summed E-state index contributed by atoms with van der Waals surface area (Å²) in [6, 6.07) is 7.98. The molecule has 0 atom stereocenters. The maximum atomic E-state index is 5.22. The molecule has 0 unspecified atom stereocenters. The maximum Gasteiger partial charge on any atom is 0.151 e. The van der Waals surface area contributed by atoms with Crippen molar-refractivity contribution in [3.63, 3.8) is 0 Å². The molecule has 0 spiro atoms. The predicted molar refractivity (Wildman–Crippen MR) is 98.5 cm³/mol. The Kier molecular flexibility index (Phi) is 4.64. The molecule has 23 heavy (non-hydrogen) atoms. The van der Waals surface area contributed by atoms with Gasteiger partial charge in [-0.1, -0.05) is 0 Å². The number of hydrogen-bond donors (Lipinski definition) is 1. The van der Waals surface area contributed by atoms with Gasteiger partial charge in [0.15, 0.2) is 5.84 Å². The molecule has 0 aliphatic carbocycles. The van der Waals surface area contributed by atoms with Gasteiger partial charge in [-0.2, -0.15) is 0 Å². The van der Waals surface area contributed by atoms with Crippen LogP contribution in [0, 0.1) is 0 Å². The molecule has 1 aliphatic heterocycles. The third-order valence-electron chi connectivity index (χ3n) is 3.08. The lowest BCUT2D eigenvalue weighted by Crippen LogP contribution is -2.28. The van der Waals surface area contributed by atoms with Gasteiger partial charge < -0.3 is 10.1 Å². The van der Waals surface area contributed by atoms with Crippen LogP contribution in [0.25, 0.3) is 5.70 Å². The quantitative estimate of drug-likeness (QED) is 0.894. The number of aliphatic imine (C=N–C) groups is 2. The van der Waals surface area contributed by atoms with Crippen molar-refractivity contribution in [1.82, 2.24) is 5.32 Å². The molecule has 1 aliphatic rings. The first-order valence-corrected chi connectivity index (χ1v) is 7.91. The Labute approximate surface area is 139 Å². The average Bonchev–Trinajstić information content (AvgIpc) is 2.77. The van der Waals surface area contributed by atoms with E-state index in [0.29, 0.717) is 0 Å². The Hall–Kier alpha value is -2.10. The summed E-state index contributed by atoms with van der Waals surface area (Å²) in [6.45, 7) is 12.5. The summed E-state index contributed by atoms with van der Waals surface area (Å²) in [5.41, 5.74) is 2.69. The molecular weight excluding hydrogens is 286 g/mol. The fourth-order valence-corrected chi connectivity index (χ4v) is 2.23. The molecule has 2 rings (SSSR count). The van der Waals surface area contributed by atoms with Crippen LogP contribution >= 0.6 is 0 Å². The highest BCUT2D eigenvalue weighted by atomic mass is 16.5. The summed E-state index contributed by atoms with van der Waals surface area (Å²) in [6.07, 6.45) is 2.07. The highest BCUT2D eigenvalue weighted by molar-refractivity contribution is 6.51. The van der Waals surface area contributed by atoms with Crippen LogP contribution in [0.4, 0.5) is 0 Å². The number of benzene rings is 1. The third-order valence-corrected chi connectivity index (χ3v) is 3.08. The Morgan fingerprint density at radius 3 is 1.91 bits per heavy atom. The minimum Gasteiger partial charge on any atom is -0.497 e. The first-order valence-electron chi connectivity index (χ1n) is 7.91. The minimum absolute atomic E-state index is 0.151. The molecule has 0 bridgehead atoms. The lowest BCUT2D eigenvalue weighted by molar-refractivity contribution is 0.415. The zero-order valence-corrected chi connectivity index (χ0v) is 15.2. The van der Waals surface area contributed by atoms with E-state index in [2.05, 4.69) is 52.9 Å². The average molecular weight is 313 g/mol. The van der Waals surface area contributed by atoms with Gasteiger partial charge >= 0.3 is 0 Å². The molecule has 1 N–H and O–H groups in total. The monoisotopic (exact) mass is 313 g/mol. The fraction of sp³-hybridized carbons (Fsp3) is 0.474. The third kappa shape index (κ3) is 4.95. The van der Waals surface area contributed by atoms with Gasteiger partial charge in [-0.3, -0.25) is 9.98 Å². The molecule has 0 amide bonds. The van der Waals surface area contributed by atoms with E-state index >= 15 is 0 Å². The molecular formula is C19H27N3O. The van der Waals surface area contributed by atoms with Gasteiger partial charge in [-0.05, 0) is 77.4 Å². The number of amidine groups is 1. The van der Waals surface area contributed by atoms with Crippen molar-refractivity contribution in [3.05, 3.63) is 35.9 Å². The standard InChI is InChI=1S/C19H27N3O/c1-18(2,3)21-16-12-15(20-17(16)22-19(4,5)6)13-8-10-14(23-7)11-9-13/h8-12H,1-7H3,(H,20,21,22). The molecule has 124 valence electrons. The van der Waals surface area contributed by atoms with Gasteiger partial charge in [0.05, 0.1) is 18.2 Å². The van der Waals surface area contributed by atoms with Crippen LogP contribution in [-0.2, 0) is 0 Å². The Bertz CT molecular complexity index is 653. The van der Waals surface area contributed by atoms with E-state index in [4.69, 9.17) is 14.7 Å². The lowest BCUT2D eigenvalue weighted by Gasteiger charge is -2.17. The molecule has 0 saturated carbocycles. The Morgan fingerprint density at radius 1 is 0.870 bits per heavy atom.